The van der Waals surface area contributed by atoms with Gasteiger partial charge in [-0.1, -0.05) is 27.7 Å². The Morgan fingerprint density at radius 2 is 1.88 bits per heavy atom. The van der Waals surface area contributed by atoms with Gasteiger partial charge in [0.1, 0.15) is 6.33 Å². The predicted molar refractivity (Wildman–Crippen MR) is 72.0 cm³/mol. The lowest BCUT2D eigenvalue weighted by Gasteiger charge is -2.19. The van der Waals surface area contributed by atoms with Crippen molar-refractivity contribution in [2.24, 2.45) is 5.92 Å². The Hall–Kier alpha value is -0.960. The minimum Gasteiger partial charge on any atom is -0.314 e. The smallest absolute Gasteiger partial charge is 0.115 e. The molecule has 1 aromatic heterocycles. The average molecular weight is 235 g/mol. The molecule has 96 valence electrons. The van der Waals surface area contributed by atoms with E-state index in [4.69, 9.17) is 0 Å². The third-order valence-corrected chi connectivity index (χ3v) is 2.85. The fourth-order valence-electron chi connectivity index (χ4n) is 2.10. The summed E-state index contributed by atoms with van der Waals surface area (Å²) in [5.74, 6) is 0.714. The molecule has 1 aromatic rings. The van der Waals surface area contributed by atoms with E-state index in [1.165, 1.54) is 6.42 Å². The fourth-order valence-corrected chi connectivity index (χ4v) is 2.10. The number of aryl methyl sites for hydroxylation is 1. The molecule has 0 fully saturated rings. The molecular weight excluding hydrogens is 210 g/mol. The molecule has 0 aliphatic heterocycles. The van der Waals surface area contributed by atoms with Crippen LogP contribution in [0.25, 0.3) is 0 Å². The lowest BCUT2D eigenvalue weighted by Crippen LogP contribution is -2.32. The molecule has 0 saturated carbocycles. The van der Waals surface area contributed by atoms with Gasteiger partial charge in [-0.3, -0.25) is 0 Å². The zero-order chi connectivity index (χ0) is 12.7. The van der Waals surface area contributed by atoms with Crippen LogP contribution in [0.15, 0.2) is 12.4 Å². The second-order valence-corrected chi connectivity index (χ2v) is 4.94. The first-order valence-electron chi connectivity index (χ1n) is 6.68. The first kappa shape index (κ1) is 14.1. The third-order valence-electron chi connectivity index (χ3n) is 2.85. The van der Waals surface area contributed by atoms with Crippen LogP contribution in [0.2, 0.25) is 0 Å². The molecule has 1 atom stereocenters. The molecule has 0 aliphatic rings. The number of aromatic nitrogens is 2. The van der Waals surface area contributed by atoms with Crippen LogP contribution in [-0.4, -0.2) is 22.6 Å². The van der Waals surface area contributed by atoms with Crippen molar-refractivity contribution >= 4 is 0 Å². The Morgan fingerprint density at radius 1 is 1.18 bits per heavy atom. The zero-order valence-corrected chi connectivity index (χ0v) is 11.5. The van der Waals surface area contributed by atoms with E-state index in [0.29, 0.717) is 12.0 Å². The van der Waals surface area contributed by atoms with Crippen LogP contribution < -0.4 is 5.32 Å². The van der Waals surface area contributed by atoms with E-state index in [1.54, 1.807) is 6.33 Å². The van der Waals surface area contributed by atoms with Gasteiger partial charge >= 0.3 is 0 Å². The number of hydrogen-bond donors (Lipinski definition) is 1. The van der Waals surface area contributed by atoms with E-state index in [2.05, 4.69) is 49.0 Å². The SMILES string of the molecule is CCNC(Cc1cc(CC)ncn1)CC(C)C. The monoisotopic (exact) mass is 235 g/mol. The second kappa shape index (κ2) is 7.38. The summed E-state index contributed by atoms with van der Waals surface area (Å²) in [4.78, 5) is 8.61. The molecule has 0 radical (unpaired) electrons. The summed E-state index contributed by atoms with van der Waals surface area (Å²) in [6, 6.07) is 2.66. The van der Waals surface area contributed by atoms with Crippen molar-refractivity contribution < 1.29 is 0 Å². The Kier molecular flexibility index (Phi) is 6.12. The molecule has 1 N–H and O–H groups in total. The summed E-state index contributed by atoms with van der Waals surface area (Å²) in [7, 11) is 0. The fraction of sp³-hybridized carbons (Fsp3) is 0.714. The first-order valence-corrected chi connectivity index (χ1v) is 6.68. The van der Waals surface area contributed by atoms with Crippen molar-refractivity contribution in [1.82, 2.24) is 15.3 Å². The molecule has 1 heterocycles. The van der Waals surface area contributed by atoms with Gasteiger partial charge in [-0.25, -0.2) is 9.97 Å². The minimum absolute atomic E-state index is 0.527. The average Bonchev–Trinajstić information content (AvgIpc) is 2.29. The van der Waals surface area contributed by atoms with Crippen LogP contribution in [0.1, 0.15) is 45.5 Å². The largest absolute Gasteiger partial charge is 0.314 e. The topological polar surface area (TPSA) is 37.8 Å². The van der Waals surface area contributed by atoms with Gasteiger partial charge in [0.15, 0.2) is 0 Å². The maximum atomic E-state index is 4.37. The Labute approximate surface area is 105 Å². The zero-order valence-electron chi connectivity index (χ0n) is 11.5. The highest BCUT2D eigenvalue weighted by Crippen LogP contribution is 2.10. The Balaban J connectivity index is 2.64. The van der Waals surface area contributed by atoms with Gasteiger partial charge < -0.3 is 5.32 Å². The van der Waals surface area contributed by atoms with E-state index in [-0.39, 0.29) is 0 Å². The standard InChI is InChI=1S/C14H25N3/c1-5-12-8-14(17-10-16-12)9-13(15-6-2)7-11(3)4/h8,10-11,13,15H,5-7,9H2,1-4H3. The van der Waals surface area contributed by atoms with E-state index in [9.17, 15) is 0 Å². The molecule has 3 nitrogen and oxygen atoms in total. The van der Waals surface area contributed by atoms with Gasteiger partial charge in [0, 0.05) is 23.9 Å². The molecule has 3 heteroatoms. The predicted octanol–water partition coefficient (Wildman–Crippen LogP) is 2.61. The van der Waals surface area contributed by atoms with E-state index < -0.39 is 0 Å². The van der Waals surface area contributed by atoms with Gasteiger partial charge in [-0.05, 0) is 31.4 Å². The van der Waals surface area contributed by atoms with Crippen LogP contribution in [0.5, 0.6) is 0 Å². The van der Waals surface area contributed by atoms with Crippen LogP contribution in [0.3, 0.4) is 0 Å². The number of nitrogens with zero attached hydrogens (tertiary/aromatic N) is 2. The molecule has 1 rings (SSSR count). The molecular formula is C14H25N3. The van der Waals surface area contributed by atoms with Crippen molar-refractivity contribution in [3.05, 3.63) is 23.8 Å². The van der Waals surface area contributed by atoms with Gasteiger partial charge in [-0.2, -0.15) is 0 Å². The Morgan fingerprint density at radius 3 is 2.47 bits per heavy atom. The van der Waals surface area contributed by atoms with E-state index in [1.807, 2.05) is 0 Å². The molecule has 0 saturated heterocycles. The lowest BCUT2D eigenvalue weighted by molar-refractivity contribution is 0.421. The molecule has 1 unspecified atom stereocenters. The van der Waals surface area contributed by atoms with Crippen molar-refractivity contribution in [3.8, 4) is 0 Å². The highest BCUT2D eigenvalue weighted by molar-refractivity contribution is 5.09. The van der Waals surface area contributed by atoms with Crippen molar-refractivity contribution in [1.29, 1.82) is 0 Å². The highest BCUT2D eigenvalue weighted by Gasteiger charge is 2.11. The van der Waals surface area contributed by atoms with Crippen molar-refractivity contribution in [2.75, 3.05) is 6.54 Å². The van der Waals surface area contributed by atoms with Crippen molar-refractivity contribution in [2.45, 2.75) is 53.0 Å². The summed E-state index contributed by atoms with van der Waals surface area (Å²) >= 11 is 0. The maximum Gasteiger partial charge on any atom is 0.115 e. The summed E-state index contributed by atoms with van der Waals surface area (Å²) in [5.41, 5.74) is 2.29. The molecule has 0 aliphatic carbocycles. The van der Waals surface area contributed by atoms with E-state index >= 15 is 0 Å². The van der Waals surface area contributed by atoms with Gasteiger partial charge in [-0.15, -0.1) is 0 Å². The van der Waals surface area contributed by atoms with Gasteiger partial charge in [0.25, 0.3) is 0 Å². The number of hydrogen-bond acceptors (Lipinski definition) is 3. The quantitative estimate of drug-likeness (QED) is 0.789. The Bertz CT molecular complexity index is 323. The van der Waals surface area contributed by atoms with Gasteiger partial charge in [0.2, 0.25) is 0 Å². The number of nitrogens with one attached hydrogen (secondary N) is 1. The normalized spacial score (nSPS) is 13.0. The molecule has 0 bridgehead atoms. The summed E-state index contributed by atoms with van der Waals surface area (Å²) in [6.07, 6.45) is 4.86. The van der Waals surface area contributed by atoms with Gasteiger partial charge in [0.05, 0.1) is 0 Å². The van der Waals surface area contributed by atoms with Crippen LogP contribution in [0.4, 0.5) is 0 Å². The highest BCUT2D eigenvalue weighted by atomic mass is 14.9. The maximum absolute atomic E-state index is 4.37. The van der Waals surface area contributed by atoms with Crippen LogP contribution in [0, 0.1) is 5.92 Å². The third kappa shape index (κ3) is 5.26. The first-order chi connectivity index (χ1) is 8.15. The molecule has 0 spiro atoms. The summed E-state index contributed by atoms with van der Waals surface area (Å²) < 4.78 is 0. The summed E-state index contributed by atoms with van der Waals surface area (Å²) in [6.45, 7) is 9.83. The summed E-state index contributed by atoms with van der Waals surface area (Å²) in [5, 5.41) is 3.54. The number of likely N-dealkylation sites (N-methyl/N-ethyl adjacent to an activating group) is 1. The van der Waals surface area contributed by atoms with E-state index in [0.717, 1.165) is 30.8 Å². The molecule has 0 aromatic carbocycles. The van der Waals surface area contributed by atoms with Crippen LogP contribution in [-0.2, 0) is 12.8 Å². The minimum atomic E-state index is 0.527. The molecule has 0 amide bonds. The second-order valence-electron chi connectivity index (χ2n) is 4.94. The molecule has 17 heavy (non-hydrogen) atoms. The number of rotatable bonds is 7. The lowest BCUT2D eigenvalue weighted by atomic mass is 9.99. The van der Waals surface area contributed by atoms with Crippen molar-refractivity contribution in [3.63, 3.8) is 0 Å². The van der Waals surface area contributed by atoms with Crippen LogP contribution >= 0.6 is 0 Å².